The largest absolute Gasteiger partial charge is 0.376 e. The molecular formula is C8H16N6O4. The van der Waals surface area contributed by atoms with Crippen LogP contribution in [0.3, 0.4) is 0 Å². The van der Waals surface area contributed by atoms with Crippen molar-refractivity contribution in [1.82, 2.24) is 15.0 Å². The molecule has 102 valence electrons. The van der Waals surface area contributed by atoms with Gasteiger partial charge < -0.3 is 10.0 Å². The molecule has 0 aliphatic carbocycles. The van der Waals surface area contributed by atoms with Gasteiger partial charge in [-0.05, 0) is 0 Å². The van der Waals surface area contributed by atoms with Crippen LogP contribution >= 0.6 is 0 Å². The molecule has 1 heterocycles. The van der Waals surface area contributed by atoms with Gasteiger partial charge in [-0.1, -0.05) is 5.23 Å². The summed E-state index contributed by atoms with van der Waals surface area (Å²) in [6.45, 7) is -0.254. The number of aromatic nitrogens is 3. The fraction of sp³-hybridized carbons (Fsp3) is 0.625. The van der Waals surface area contributed by atoms with Crippen LogP contribution in [0, 0.1) is 0 Å². The molecule has 0 bridgehead atoms. The van der Waals surface area contributed by atoms with Gasteiger partial charge in [-0.2, -0.15) is 15.0 Å². The number of aliphatic hydroxyl groups is 1. The van der Waals surface area contributed by atoms with Crippen molar-refractivity contribution in [2.45, 2.75) is 0 Å². The molecule has 0 aliphatic heterocycles. The third-order valence-electron chi connectivity index (χ3n) is 1.85. The third-order valence-corrected chi connectivity index (χ3v) is 1.85. The zero-order valence-electron chi connectivity index (χ0n) is 10.6. The maximum absolute atomic E-state index is 9.05. The van der Waals surface area contributed by atoms with Gasteiger partial charge in [0, 0.05) is 7.05 Å². The van der Waals surface area contributed by atoms with Gasteiger partial charge in [-0.3, -0.25) is 4.84 Å². The van der Waals surface area contributed by atoms with E-state index >= 15 is 0 Å². The highest BCUT2D eigenvalue weighted by Gasteiger charge is 2.15. The molecule has 0 aliphatic rings. The number of nitrogens with one attached hydrogen (secondary N) is 1. The first-order valence-electron chi connectivity index (χ1n) is 4.91. The Morgan fingerprint density at radius 1 is 1.11 bits per heavy atom. The summed E-state index contributed by atoms with van der Waals surface area (Å²) in [6.07, 6.45) is 0. The quantitative estimate of drug-likeness (QED) is 0.476. The van der Waals surface area contributed by atoms with Crippen molar-refractivity contribution in [3.8, 4) is 0 Å². The van der Waals surface area contributed by atoms with Crippen LogP contribution in [-0.2, 0) is 14.5 Å². The van der Waals surface area contributed by atoms with Crippen molar-refractivity contribution in [2.75, 3.05) is 50.7 Å². The molecule has 1 rings (SSSR count). The second-order valence-electron chi connectivity index (χ2n) is 3.03. The molecule has 0 amide bonds. The van der Waals surface area contributed by atoms with E-state index in [2.05, 4.69) is 20.4 Å². The molecule has 0 aromatic carbocycles. The predicted octanol–water partition coefficient (Wildman–Crippen LogP) is -0.840. The third kappa shape index (κ3) is 3.37. The van der Waals surface area contributed by atoms with Gasteiger partial charge in [0.2, 0.25) is 5.95 Å². The minimum atomic E-state index is -0.254. The second kappa shape index (κ2) is 6.86. The number of nitrogens with zero attached hydrogens (tertiary/aromatic N) is 5. The molecule has 2 N–H and O–H groups in total. The van der Waals surface area contributed by atoms with Gasteiger partial charge in [-0.15, -0.1) is 0 Å². The Kier molecular flexibility index (Phi) is 5.45. The summed E-state index contributed by atoms with van der Waals surface area (Å²) in [5.74, 6) is 0.475. The normalized spacial score (nSPS) is 10.3. The molecule has 0 spiro atoms. The van der Waals surface area contributed by atoms with E-state index in [0.717, 1.165) is 5.23 Å². The van der Waals surface area contributed by atoms with Gasteiger partial charge in [-0.25, -0.2) is 15.2 Å². The van der Waals surface area contributed by atoms with Crippen molar-refractivity contribution < 1.29 is 19.6 Å². The van der Waals surface area contributed by atoms with E-state index in [-0.39, 0.29) is 24.6 Å². The predicted molar refractivity (Wildman–Crippen MR) is 62.4 cm³/mol. The number of hydrogen-bond donors (Lipinski definition) is 2. The Labute approximate surface area is 104 Å². The van der Waals surface area contributed by atoms with E-state index in [1.807, 2.05) is 0 Å². The van der Waals surface area contributed by atoms with Crippen LogP contribution < -0.4 is 15.6 Å². The minimum Gasteiger partial charge on any atom is -0.376 e. The summed E-state index contributed by atoms with van der Waals surface area (Å²) >= 11 is 0. The Morgan fingerprint density at radius 3 is 2.22 bits per heavy atom. The molecule has 0 atom stereocenters. The minimum absolute atomic E-state index is 0.102. The van der Waals surface area contributed by atoms with E-state index in [1.165, 1.54) is 26.2 Å². The number of rotatable bonds is 7. The lowest BCUT2D eigenvalue weighted by Gasteiger charge is -2.19. The molecule has 0 radical (unpaired) electrons. The van der Waals surface area contributed by atoms with Crippen molar-refractivity contribution in [3.05, 3.63) is 0 Å². The van der Waals surface area contributed by atoms with E-state index in [4.69, 9.17) is 19.6 Å². The van der Waals surface area contributed by atoms with Gasteiger partial charge >= 0.3 is 0 Å². The van der Waals surface area contributed by atoms with Crippen LogP contribution in [-0.4, -0.2) is 55.2 Å². The van der Waals surface area contributed by atoms with E-state index in [1.54, 1.807) is 7.05 Å². The fourth-order valence-corrected chi connectivity index (χ4v) is 1.04. The molecular weight excluding hydrogens is 244 g/mol. The van der Waals surface area contributed by atoms with Crippen LogP contribution in [0.25, 0.3) is 0 Å². The van der Waals surface area contributed by atoms with Crippen LogP contribution in [0.1, 0.15) is 0 Å². The van der Waals surface area contributed by atoms with Gasteiger partial charge in [0.05, 0.1) is 21.3 Å². The molecule has 1 aromatic rings. The summed E-state index contributed by atoms with van der Waals surface area (Å²) in [5.41, 5.74) is 2.46. The highest BCUT2D eigenvalue weighted by Crippen LogP contribution is 2.15. The van der Waals surface area contributed by atoms with Crippen molar-refractivity contribution in [2.24, 2.45) is 0 Å². The molecule has 10 nitrogen and oxygen atoms in total. The van der Waals surface area contributed by atoms with Gasteiger partial charge in [0.15, 0.2) is 0 Å². The van der Waals surface area contributed by atoms with Crippen molar-refractivity contribution in [3.63, 3.8) is 0 Å². The smallest absolute Gasteiger partial charge is 0.284 e. The van der Waals surface area contributed by atoms with Crippen molar-refractivity contribution >= 4 is 17.8 Å². The summed E-state index contributed by atoms with van der Waals surface area (Å²) in [5, 5.41) is 10.0. The molecule has 0 saturated carbocycles. The Bertz CT molecular complexity index is 375. The van der Waals surface area contributed by atoms with Crippen LogP contribution in [0.2, 0.25) is 0 Å². The summed E-state index contributed by atoms with van der Waals surface area (Å²) in [7, 11) is 5.82. The lowest BCUT2D eigenvalue weighted by atomic mass is 10.7. The van der Waals surface area contributed by atoms with Gasteiger partial charge in [0.1, 0.15) is 6.73 Å². The molecule has 10 heteroatoms. The fourth-order valence-electron chi connectivity index (χ4n) is 1.04. The summed E-state index contributed by atoms with van der Waals surface area (Å²) in [6, 6.07) is 0. The zero-order valence-corrected chi connectivity index (χ0v) is 10.6. The van der Waals surface area contributed by atoms with E-state index in [9.17, 15) is 0 Å². The topological polar surface area (TPSA) is 105 Å². The first-order chi connectivity index (χ1) is 8.65. The lowest BCUT2D eigenvalue weighted by molar-refractivity contribution is -0.0471. The molecule has 0 unspecified atom stereocenters. The monoisotopic (exact) mass is 260 g/mol. The summed E-state index contributed by atoms with van der Waals surface area (Å²) < 4.78 is 0. The zero-order chi connectivity index (χ0) is 13.5. The highest BCUT2D eigenvalue weighted by atomic mass is 16.9. The van der Waals surface area contributed by atoms with Crippen molar-refractivity contribution in [1.29, 1.82) is 0 Å². The molecule has 1 aromatic heterocycles. The van der Waals surface area contributed by atoms with Crippen LogP contribution in [0.5, 0.6) is 0 Å². The van der Waals surface area contributed by atoms with E-state index < -0.39 is 0 Å². The number of hydrogen-bond acceptors (Lipinski definition) is 10. The average molecular weight is 260 g/mol. The first kappa shape index (κ1) is 14.3. The van der Waals surface area contributed by atoms with Gasteiger partial charge in [0.25, 0.3) is 11.9 Å². The Morgan fingerprint density at radius 2 is 1.72 bits per heavy atom. The first-order valence-corrected chi connectivity index (χ1v) is 4.91. The van der Waals surface area contributed by atoms with E-state index in [0.29, 0.717) is 0 Å². The summed E-state index contributed by atoms with van der Waals surface area (Å²) in [4.78, 5) is 28.0. The maximum atomic E-state index is 9.05. The SMILES string of the molecule is CONc1nc(N(C)CO)nc(N(OC)OC)n1. The van der Waals surface area contributed by atoms with Crippen LogP contribution in [0.4, 0.5) is 17.8 Å². The Hall–Kier alpha value is -1.75. The standard InChI is InChI=1S/C8H16N6O4/c1-13(5-15)7-9-6(12-16-2)10-8(11-7)14(17-3)18-4/h15H,5H2,1-4H3,(H,9,10,11,12). The molecule has 18 heavy (non-hydrogen) atoms. The average Bonchev–Trinajstić information content (AvgIpc) is 2.39. The highest BCUT2D eigenvalue weighted by molar-refractivity contribution is 5.41. The molecule has 0 fully saturated rings. The number of aliphatic hydroxyl groups excluding tert-OH is 1. The Balaban J connectivity index is 3.12. The van der Waals surface area contributed by atoms with Crippen LogP contribution in [0.15, 0.2) is 0 Å². The lowest BCUT2D eigenvalue weighted by Crippen LogP contribution is -2.26. The second-order valence-corrected chi connectivity index (χ2v) is 3.03. The maximum Gasteiger partial charge on any atom is 0.284 e. The molecule has 0 saturated heterocycles. The number of anilines is 3.